The van der Waals surface area contributed by atoms with Crippen molar-refractivity contribution >= 4 is 28.4 Å². The fraction of sp³-hybridized carbons (Fsp3) is 0.259. The number of rotatable bonds is 7. The predicted molar refractivity (Wildman–Crippen MR) is 136 cm³/mol. The first-order valence-electron chi connectivity index (χ1n) is 11.7. The van der Waals surface area contributed by atoms with Crippen LogP contribution < -0.4 is 15.4 Å². The van der Waals surface area contributed by atoms with E-state index in [-0.39, 0.29) is 6.03 Å². The molecule has 34 heavy (non-hydrogen) atoms. The maximum atomic E-state index is 12.5. The van der Waals surface area contributed by atoms with E-state index in [2.05, 4.69) is 20.1 Å². The summed E-state index contributed by atoms with van der Waals surface area (Å²) in [5.41, 5.74) is 3.37. The van der Waals surface area contributed by atoms with E-state index in [0.29, 0.717) is 17.1 Å². The molecule has 2 amide bonds. The summed E-state index contributed by atoms with van der Waals surface area (Å²) in [4.78, 5) is 19.7. The van der Waals surface area contributed by atoms with E-state index in [1.54, 1.807) is 0 Å². The normalized spacial score (nSPS) is 13.8. The molecule has 0 aliphatic carbocycles. The van der Waals surface area contributed by atoms with Crippen LogP contribution in [0.25, 0.3) is 11.0 Å². The van der Waals surface area contributed by atoms with Crippen LogP contribution in [-0.2, 0) is 6.54 Å². The Morgan fingerprint density at radius 3 is 2.32 bits per heavy atom. The summed E-state index contributed by atoms with van der Waals surface area (Å²) in [5, 5.41) is 5.76. The Hall–Kier alpha value is -3.84. The molecular formula is C27H29N5O2. The quantitative estimate of drug-likeness (QED) is 0.365. The molecule has 7 heteroatoms. The van der Waals surface area contributed by atoms with Gasteiger partial charge in [0.15, 0.2) is 0 Å². The molecule has 4 aromatic rings. The number of amides is 2. The number of nitrogens with one attached hydrogen (secondary N) is 2. The second-order valence-corrected chi connectivity index (χ2v) is 8.58. The monoisotopic (exact) mass is 455 g/mol. The maximum absolute atomic E-state index is 12.5. The number of ether oxygens (including phenoxy) is 1. The summed E-state index contributed by atoms with van der Waals surface area (Å²) in [7, 11) is 0. The fourth-order valence-electron chi connectivity index (χ4n) is 4.38. The molecule has 1 fully saturated rings. The van der Waals surface area contributed by atoms with Crippen LogP contribution in [0.2, 0.25) is 0 Å². The molecule has 5 rings (SSSR count). The Balaban J connectivity index is 1.19. The lowest BCUT2D eigenvalue weighted by atomic mass is 10.2. The topological polar surface area (TPSA) is 71.4 Å². The molecule has 0 atom stereocenters. The zero-order valence-electron chi connectivity index (χ0n) is 19.3. The number of aryl methyl sites for hydroxylation is 1. The number of benzene rings is 3. The molecule has 1 saturated heterocycles. The van der Waals surface area contributed by atoms with Crippen molar-refractivity contribution in [1.82, 2.24) is 14.5 Å². The summed E-state index contributed by atoms with van der Waals surface area (Å²) >= 11 is 0. The molecule has 3 aromatic carbocycles. The minimum absolute atomic E-state index is 0.304. The zero-order chi connectivity index (χ0) is 23.3. The van der Waals surface area contributed by atoms with E-state index >= 15 is 0 Å². The molecular weight excluding hydrogens is 426 g/mol. The number of carbonyl (C=O) groups excluding carboxylic acids is 1. The minimum Gasteiger partial charge on any atom is -0.457 e. The second kappa shape index (κ2) is 9.97. The van der Waals surface area contributed by atoms with Gasteiger partial charge in [-0.1, -0.05) is 18.2 Å². The predicted octanol–water partition coefficient (Wildman–Crippen LogP) is 5.88. The number of urea groups is 1. The van der Waals surface area contributed by atoms with E-state index in [1.165, 1.54) is 25.9 Å². The van der Waals surface area contributed by atoms with Gasteiger partial charge in [-0.15, -0.1) is 0 Å². The molecule has 1 aliphatic heterocycles. The number of fused-ring (bicyclic) bond motifs is 1. The van der Waals surface area contributed by atoms with E-state index in [1.807, 2.05) is 79.7 Å². The third kappa shape index (κ3) is 5.21. The zero-order valence-corrected chi connectivity index (χ0v) is 19.3. The largest absolute Gasteiger partial charge is 0.457 e. The Morgan fingerprint density at radius 2 is 1.56 bits per heavy atom. The van der Waals surface area contributed by atoms with E-state index in [0.717, 1.165) is 35.7 Å². The van der Waals surface area contributed by atoms with Crippen LogP contribution in [0.1, 0.15) is 18.7 Å². The second-order valence-electron chi connectivity index (χ2n) is 8.58. The van der Waals surface area contributed by atoms with Crippen LogP contribution >= 0.6 is 0 Å². The van der Waals surface area contributed by atoms with Crippen LogP contribution in [0.15, 0.2) is 72.8 Å². The van der Waals surface area contributed by atoms with E-state index < -0.39 is 0 Å². The summed E-state index contributed by atoms with van der Waals surface area (Å²) in [6, 6.07) is 22.4. The van der Waals surface area contributed by atoms with Crippen molar-refractivity contribution in [3.63, 3.8) is 0 Å². The van der Waals surface area contributed by atoms with Crippen LogP contribution in [0.3, 0.4) is 0 Å². The minimum atomic E-state index is -0.304. The average molecular weight is 456 g/mol. The van der Waals surface area contributed by atoms with Gasteiger partial charge >= 0.3 is 6.03 Å². The number of hydrogen-bond donors (Lipinski definition) is 2. The number of aromatic nitrogens is 2. The fourth-order valence-corrected chi connectivity index (χ4v) is 4.38. The Morgan fingerprint density at radius 1 is 0.882 bits per heavy atom. The molecule has 1 aromatic heterocycles. The lowest BCUT2D eigenvalue weighted by Gasteiger charge is -2.16. The first-order valence-corrected chi connectivity index (χ1v) is 11.7. The van der Waals surface area contributed by atoms with Gasteiger partial charge in [-0.05, 0) is 87.5 Å². The summed E-state index contributed by atoms with van der Waals surface area (Å²) in [6.45, 7) is 6.40. The number of nitrogens with zero attached hydrogens (tertiary/aromatic N) is 3. The van der Waals surface area contributed by atoms with Crippen molar-refractivity contribution in [1.29, 1.82) is 0 Å². The molecule has 1 aliphatic rings. The molecule has 0 radical (unpaired) electrons. The van der Waals surface area contributed by atoms with E-state index in [9.17, 15) is 4.79 Å². The van der Waals surface area contributed by atoms with Crippen LogP contribution in [0.5, 0.6) is 11.5 Å². The average Bonchev–Trinajstić information content (AvgIpc) is 3.46. The molecule has 7 nitrogen and oxygen atoms in total. The highest BCUT2D eigenvalue weighted by atomic mass is 16.5. The molecule has 0 bridgehead atoms. The first-order chi connectivity index (χ1) is 16.6. The van der Waals surface area contributed by atoms with Crippen molar-refractivity contribution in [2.45, 2.75) is 26.3 Å². The smallest absolute Gasteiger partial charge is 0.323 e. The summed E-state index contributed by atoms with van der Waals surface area (Å²) in [6.07, 6.45) is 2.60. The summed E-state index contributed by atoms with van der Waals surface area (Å²) in [5.74, 6) is 2.47. The van der Waals surface area contributed by atoms with Gasteiger partial charge in [0.2, 0.25) is 0 Å². The van der Waals surface area contributed by atoms with Gasteiger partial charge in [0.05, 0.1) is 11.0 Å². The number of carbonyl (C=O) groups is 1. The van der Waals surface area contributed by atoms with Gasteiger partial charge < -0.3 is 24.8 Å². The number of likely N-dealkylation sites (tertiary alicyclic amines) is 1. The van der Waals surface area contributed by atoms with Crippen molar-refractivity contribution in [3.05, 3.63) is 78.6 Å². The highest BCUT2D eigenvalue weighted by molar-refractivity contribution is 6.00. The van der Waals surface area contributed by atoms with Gasteiger partial charge in [-0.25, -0.2) is 9.78 Å². The van der Waals surface area contributed by atoms with Crippen LogP contribution in [0.4, 0.5) is 16.2 Å². The first kappa shape index (κ1) is 22.0. The Bertz CT molecular complexity index is 1260. The molecule has 0 unspecified atom stereocenters. The standard InChI is InChI=1S/C27H29N5O2/c1-20-28-25-19-22(11-14-26(25)32(20)18-17-31-15-5-6-16-31)30-27(33)29-21-9-12-24(13-10-21)34-23-7-3-2-4-8-23/h2-4,7-14,19H,5-6,15-18H2,1H3,(H2,29,30,33). The SMILES string of the molecule is Cc1nc2cc(NC(=O)Nc3ccc(Oc4ccccc4)cc3)ccc2n1CCN1CCCC1. The van der Waals surface area contributed by atoms with Crippen molar-refractivity contribution in [2.24, 2.45) is 0 Å². The lowest BCUT2D eigenvalue weighted by Crippen LogP contribution is -2.24. The Kier molecular flexibility index (Phi) is 6.44. The molecule has 2 heterocycles. The number of imidazole rings is 1. The van der Waals surface area contributed by atoms with Gasteiger partial charge in [-0.3, -0.25) is 0 Å². The van der Waals surface area contributed by atoms with Gasteiger partial charge in [0.25, 0.3) is 0 Å². The lowest BCUT2D eigenvalue weighted by molar-refractivity contribution is 0.262. The molecule has 0 saturated carbocycles. The molecule has 174 valence electrons. The number of anilines is 2. The van der Waals surface area contributed by atoms with Crippen LogP contribution in [-0.4, -0.2) is 40.1 Å². The third-order valence-corrected chi connectivity index (χ3v) is 6.13. The van der Waals surface area contributed by atoms with Gasteiger partial charge in [0, 0.05) is 24.5 Å². The van der Waals surface area contributed by atoms with Crippen molar-refractivity contribution < 1.29 is 9.53 Å². The van der Waals surface area contributed by atoms with Crippen LogP contribution in [0, 0.1) is 6.92 Å². The van der Waals surface area contributed by atoms with E-state index in [4.69, 9.17) is 9.72 Å². The third-order valence-electron chi connectivity index (χ3n) is 6.13. The highest BCUT2D eigenvalue weighted by Gasteiger charge is 2.14. The van der Waals surface area contributed by atoms with Crippen molar-refractivity contribution in [3.8, 4) is 11.5 Å². The highest BCUT2D eigenvalue weighted by Crippen LogP contribution is 2.24. The number of para-hydroxylation sites is 1. The van der Waals surface area contributed by atoms with Gasteiger partial charge in [-0.2, -0.15) is 0 Å². The molecule has 2 N–H and O–H groups in total. The summed E-state index contributed by atoms with van der Waals surface area (Å²) < 4.78 is 8.05. The van der Waals surface area contributed by atoms with Crippen molar-refractivity contribution in [2.75, 3.05) is 30.3 Å². The Labute approximate surface area is 199 Å². The maximum Gasteiger partial charge on any atom is 0.323 e. The van der Waals surface area contributed by atoms with Gasteiger partial charge in [0.1, 0.15) is 17.3 Å². The molecule has 0 spiro atoms. The number of hydrogen-bond acceptors (Lipinski definition) is 4.